The Bertz CT molecular complexity index is 954. The first-order chi connectivity index (χ1) is 15.0. The fourth-order valence-electron chi connectivity index (χ4n) is 5.81. The fraction of sp³-hybridized carbons (Fsp3) is 0.538. The van der Waals surface area contributed by atoms with Crippen LogP contribution in [0.15, 0.2) is 35.7 Å². The first kappa shape index (κ1) is 22.4. The number of carbonyl (C=O) groups excluding carboxylic acids is 2. The lowest BCUT2D eigenvalue weighted by atomic mass is 9.69. The van der Waals surface area contributed by atoms with E-state index in [1.54, 1.807) is 11.3 Å². The third-order valence-corrected chi connectivity index (χ3v) is 8.67. The highest BCUT2D eigenvalue weighted by molar-refractivity contribution is 7.10. The Kier molecular flexibility index (Phi) is 6.47. The molecule has 0 saturated heterocycles. The molecule has 166 valence electrons. The van der Waals surface area contributed by atoms with Gasteiger partial charge in [0.15, 0.2) is 11.6 Å². The van der Waals surface area contributed by atoms with Crippen LogP contribution < -0.4 is 10.6 Å². The van der Waals surface area contributed by atoms with Gasteiger partial charge in [-0.3, -0.25) is 9.59 Å². The first-order valence-electron chi connectivity index (χ1n) is 11.6. The van der Waals surface area contributed by atoms with Crippen LogP contribution in [0.25, 0.3) is 0 Å². The summed E-state index contributed by atoms with van der Waals surface area (Å²) in [5.74, 6) is 0.388. The molecule has 31 heavy (non-hydrogen) atoms. The molecule has 0 amide bonds. The number of thiophene rings is 1. The van der Waals surface area contributed by atoms with Crippen LogP contribution in [0, 0.1) is 0 Å². The van der Waals surface area contributed by atoms with Crippen molar-refractivity contribution in [3.05, 3.63) is 57.3 Å². The number of hydrogen-bond donors (Lipinski definition) is 2. The number of rotatable bonds is 6. The molecule has 0 spiro atoms. The standard InChI is InChI=1S/C26H34N2O2S/c1-4-18-12-13-19(17-21(18)25(27-2)14-6-5-10-22(25)29)20-9-7-15-26(28-3,24(20)30)23-11-8-16-31-23/h8,11-13,16-17,20,27-28H,4-7,9-10,14-15H2,1-3H3/t20?,25-,26-/m1/s1. The van der Waals surface area contributed by atoms with Crippen molar-refractivity contribution < 1.29 is 9.59 Å². The van der Waals surface area contributed by atoms with Gasteiger partial charge in [0.2, 0.25) is 0 Å². The molecule has 2 aliphatic rings. The molecule has 2 saturated carbocycles. The summed E-state index contributed by atoms with van der Waals surface area (Å²) in [4.78, 5) is 28.1. The van der Waals surface area contributed by atoms with E-state index >= 15 is 0 Å². The number of aryl methyl sites for hydroxylation is 1. The van der Waals surface area contributed by atoms with Gasteiger partial charge in [0.1, 0.15) is 11.1 Å². The molecule has 0 aliphatic heterocycles. The monoisotopic (exact) mass is 438 g/mol. The summed E-state index contributed by atoms with van der Waals surface area (Å²) >= 11 is 1.65. The van der Waals surface area contributed by atoms with Crippen molar-refractivity contribution in [1.82, 2.24) is 10.6 Å². The maximum absolute atomic E-state index is 13.9. The Morgan fingerprint density at radius 3 is 2.45 bits per heavy atom. The van der Waals surface area contributed by atoms with Gasteiger partial charge >= 0.3 is 0 Å². The minimum absolute atomic E-state index is 0.152. The van der Waals surface area contributed by atoms with Crippen molar-refractivity contribution >= 4 is 22.9 Å². The smallest absolute Gasteiger partial charge is 0.165 e. The number of Topliss-reactive ketones (excluding diaryl/α,β-unsaturated/α-hetero) is 2. The van der Waals surface area contributed by atoms with Gasteiger partial charge in [-0.2, -0.15) is 0 Å². The van der Waals surface area contributed by atoms with Crippen molar-refractivity contribution in [2.75, 3.05) is 14.1 Å². The number of carbonyl (C=O) groups is 2. The first-order valence-corrected chi connectivity index (χ1v) is 12.5. The normalized spacial score (nSPS) is 29.3. The third-order valence-electron chi connectivity index (χ3n) is 7.64. The maximum Gasteiger partial charge on any atom is 0.165 e. The van der Waals surface area contributed by atoms with E-state index in [9.17, 15) is 9.59 Å². The third kappa shape index (κ3) is 3.61. The van der Waals surface area contributed by atoms with Gasteiger partial charge in [-0.25, -0.2) is 0 Å². The highest BCUT2D eigenvalue weighted by Gasteiger charge is 2.47. The molecule has 1 heterocycles. The molecule has 2 fully saturated rings. The van der Waals surface area contributed by atoms with Crippen molar-refractivity contribution in [3.8, 4) is 0 Å². The zero-order valence-electron chi connectivity index (χ0n) is 18.9. The summed E-state index contributed by atoms with van der Waals surface area (Å²) in [5.41, 5.74) is 2.12. The van der Waals surface area contributed by atoms with Gasteiger partial charge in [0, 0.05) is 17.2 Å². The van der Waals surface area contributed by atoms with E-state index in [0.717, 1.165) is 60.9 Å². The van der Waals surface area contributed by atoms with Crippen LogP contribution in [0.5, 0.6) is 0 Å². The topological polar surface area (TPSA) is 58.2 Å². The highest BCUT2D eigenvalue weighted by Crippen LogP contribution is 2.44. The second-order valence-electron chi connectivity index (χ2n) is 9.00. The molecule has 1 aromatic carbocycles. The van der Waals surface area contributed by atoms with Crippen molar-refractivity contribution in [2.24, 2.45) is 0 Å². The van der Waals surface area contributed by atoms with E-state index in [2.05, 4.69) is 41.8 Å². The molecular formula is C26H34N2O2S. The summed E-state index contributed by atoms with van der Waals surface area (Å²) in [7, 11) is 3.81. The molecule has 0 bridgehead atoms. The summed E-state index contributed by atoms with van der Waals surface area (Å²) in [6.07, 6.45) is 7.03. The number of ketones is 2. The van der Waals surface area contributed by atoms with Crippen molar-refractivity contribution in [2.45, 2.75) is 75.3 Å². The Balaban J connectivity index is 1.78. The minimum atomic E-state index is -0.620. The number of likely N-dealkylation sites (N-methyl/N-ethyl adjacent to an activating group) is 2. The zero-order valence-corrected chi connectivity index (χ0v) is 19.7. The molecule has 1 aromatic heterocycles. The molecule has 1 unspecified atom stereocenters. The fourth-order valence-corrected chi connectivity index (χ4v) is 6.77. The molecule has 3 atom stereocenters. The SMILES string of the molecule is CCc1ccc(C2CCC[C@@](NC)(c3cccs3)C2=O)cc1[C@]1(NC)CCCCC1=O. The van der Waals surface area contributed by atoms with Gasteiger partial charge in [-0.15, -0.1) is 11.3 Å². The molecule has 2 N–H and O–H groups in total. The lowest BCUT2D eigenvalue weighted by molar-refractivity contribution is -0.129. The number of benzene rings is 1. The van der Waals surface area contributed by atoms with Gasteiger partial charge in [0.25, 0.3) is 0 Å². The summed E-state index contributed by atoms with van der Waals surface area (Å²) in [6.45, 7) is 2.14. The Hall–Kier alpha value is -1.82. The summed E-state index contributed by atoms with van der Waals surface area (Å²) < 4.78 is 0. The molecule has 2 aromatic rings. The van der Waals surface area contributed by atoms with E-state index in [-0.39, 0.29) is 17.5 Å². The summed E-state index contributed by atoms with van der Waals surface area (Å²) in [6, 6.07) is 10.6. The molecular weight excluding hydrogens is 404 g/mol. The molecule has 0 radical (unpaired) electrons. The average Bonchev–Trinajstić information content (AvgIpc) is 3.35. The van der Waals surface area contributed by atoms with E-state index < -0.39 is 11.1 Å². The van der Waals surface area contributed by atoms with Gasteiger partial charge in [-0.1, -0.05) is 37.6 Å². The van der Waals surface area contributed by atoms with Crippen LogP contribution in [0.3, 0.4) is 0 Å². The van der Waals surface area contributed by atoms with E-state index in [1.165, 1.54) is 5.56 Å². The Morgan fingerprint density at radius 1 is 1.03 bits per heavy atom. The predicted octanol–water partition coefficient (Wildman–Crippen LogP) is 4.82. The van der Waals surface area contributed by atoms with Crippen LogP contribution in [-0.4, -0.2) is 25.7 Å². The quantitative estimate of drug-likeness (QED) is 0.679. The van der Waals surface area contributed by atoms with Crippen LogP contribution in [0.2, 0.25) is 0 Å². The maximum atomic E-state index is 13.9. The van der Waals surface area contributed by atoms with E-state index in [1.807, 2.05) is 25.5 Å². The average molecular weight is 439 g/mol. The lowest BCUT2D eigenvalue weighted by Gasteiger charge is -2.40. The molecule has 4 nitrogen and oxygen atoms in total. The summed E-state index contributed by atoms with van der Waals surface area (Å²) in [5, 5.41) is 8.84. The Labute approximate surface area is 189 Å². The largest absolute Gasteiger partial charge is 0.304 e. The van der Waals surface area contributed by atoms with Gasteiger partial charge < -0.3 is 10.6 Å². The molecule has 4 rings (SSSR count). The Morgan fingerprint density at radius 2 is 1.81 bits per heavy atom. The van der Waals surface area contributed by atoms with Crippen molar-refractivity contribution in [1.29, 1.82) is 0 Å². The van der Waals surface area contributed by atoms with Crippen LogP contribution in [-0.2, 0) is 27.1 Å². The zero-order chi connectivity index (χ0) is 22.1. The number of nitrogens with one attached hydrogen (secondary N) is 2. The lowest BCUT2D eigenvalue weighted by Crippen LogP contribution is -2.51. The highest BCUT2D eigenvalue weighted by atomic mass is 32.1. The van der Waals surface area contributed by atoms with Gasteiger partial charge in [0.05, 0.1) is 0 Å². The number of hydrogen-bond acceptors (Lipinski definition) is 5. The van der Waals surface area contributed by atoms with Crippen LogP contribution in [0.4, 0.5) is 0 Å². The van der Waals surface area contributed by atoms with Crippen LogP contribution >= 0.6 is 11.3 Å². The van der Waals surface area contributed by atoms with E-state index in [0.29, 0.717) is 6.42 Å². The van der Waals surface area contributed by atoms with Gasteiger partial charge in [-0.05, 0) is 80.8 Å². The molecule has 2 aliphatic carbocycles. The van der Waals surface area contributed by atoms with E-state index in [4.69, 9.17) is 0 Å². The second-order valence-corrected chi connectivity index (χ2v) is 9.95. The van der Waals surface area contributed by atoms with Crippen molar-refractivity contribution in [3.63, 3.8) is 0 Å². The minimum Gasteiger partial charge on any atom is -0.304 e. The predicted molar refractivity (Wildman–Crippen MR) is 127 cm³/mol. The molecule has 5 heteroatoms. The van der Waals surface area contributed by atoms with Crippen LogP contribution in [0.1, 0.15) is 79.4 Å². The second kappa shape index (κ2) is 8.97.